The van der Waals surface area contributed by atoms with Gasteiger partial charge in [0.25, 0.3) is 0 Å². The zero-order valence-corrected chi connectivity index (χ0v) is 19.9. The minimum atomic E-state index is 0. The molecule has 6 nitrogen and oxygen atoms in total. The molecule has 0 bridgehead atoms. The molecule has 1 aliphatic carbocycles. The molecule has 1 aliphatic heterocycles. The van der Waals surface area contributed by atoms with Gasteiger partial charge in [-0.25, -0.2) is 0 Å². The third-order valence-electron chi connectivity index (χ3n) is 6.49. The first-order chi connectivity index (χ1) is 12.0. The fourth-order valence-corrected chi connectivity index (χ4v) is 4.48. The summed E-state index contributed by atoms with van der Waals surface area (Å²) in [5, 5.41) is 7.23. The van der Waals surface area contributed by atoms with Crippen molar-refractivity contribution in [3.63, 3.8) is 0 Å². The second kappa shape index (κ2) is 11.0. The zero-order valence-electron chi connectivity index (χ0n) is 17.5. The lowest BCUT2D eigenvalue weighted by molar-refractivity contribution is -0.133. The summed E-state index contributed by atoms with van der Waals surface area (Å²) in [6, 6.07) is 0.967. The highest BCUT2D eigenvalue weighted by molar-refractivity contribution is 14.0. The molecule has 2 fully saturated rings. The highest BCUT2D eigenvalue weighted by Gasteiger charge is 2.53. The van der Waals surface area contributed by atoms with E-state index < -0.39 is 0 Å². The summed E-state index contributed by atoms with van der Waals surface area (Å²) in [4.78, 5) is 9.31. The normalized spacial score (nSPS) is 29.6. The predicted octanol–water partition coefficient (Wildman–Crippen LogP) is 2.00. The lowest BCUT2D eigenvalue weighted by Crippen LogP contribution is -2.66. The molecule has 0 aromatic carbocycles. The van der Waals surface area contributed by atoms with Crippen molar-refractivity contribution in [2.24, 2.45) is 10.4 Å². The topological polar surface area (TPSA) is 52.1 Å². The summed E-state index contributed by atoms with van der Waals surface area (Å²) >= 11 is 0. The van der Waals surface area contributed by atoms with Gasteiger partial charge in [0.05, 0.1) is 6.10 Å². The standard InChI is InChI=1S/C19H39N5O.HI/c1-7-19(8-2)16(12-17(19)25-9-3)22-18(20-4)21-13-15-14-23(5)10-11-24(15)6;/h15-17H,7-14H2,1-6H3,(H2,20,21,22);1H. The monoisotopic (exact) mass is 481 g/mol. The predicted molar refractivity (Wildman–Crippen MR) is 121 cm³/mol. The number of hydrogen-bond donors (Lipinski definition) is 2. The first-order valence-electron chi connectivity index (χ1n) is 9.98. The summed E-state index contributed by atoms with van der Waals surface area (Å²) in [5.41, 5.74) is 0.232. The summed E-state index contributed by atoms with van der Waals surface area (Å²) < 4.78 is 5.99. The molecule has 0 spiro atoms. The Labute approximate surface area is 177 Å². The van der Waals surface area contributed by atoms with Crippen LogP contribution in [0.1, 0.15) is 40.0 Å². The second-order valence-electron chi connectivity index (χ2n) is 7.67. The van der Waals surface area contributed by atoms with Crippen molar-refractivity contribution in [3.05, 3.63) is 0 Å². The largest absolute Gasteiger partial charge is 0.378 e. The van der Waals surface area contributed by atoms with Gasteiger partial charge in [0, 0.05) is 57.3 Å². The number of hydrogen-bond acceptors (Lipinski definition) is 4. The van der Waals surface area contributed by atoms with Gasteiger partial charge in [0.1, 0.15) is 0 Å². The Bertz CT molecular complexity index is 444. The van der Waals surface area contributed by atoms with Gasteiger partial charge in [-0.15, -0.1) is 24.0 Å². The molecule has 2 rings (SSSR count). The number of rotatable bonds is 7. The number of halogens is 1. The van der Waals surface area contributed by atoms with Crippen LogP contribution in [-0.4, -0.2) is 87.9 Å². The molecule has 0 aromatic heterocycles. The Morgan fingerprint density at radius 1 is 1.19 bits per heavy atom. The fourth-order valence-electron chi connectivity index (χ4n) is 4.48. The molecule has 3 unspecified atom stereocenters. The number of ether oxygens (including phenoxy) is 1. The van der Waals surface area contributed by atoms with Crippen molar-refractivity contribution in [2.75, 3.05) is 53.9 Å². The first-order valence-corrected chi connectivity index (χ1v) is 9.98. The van der Waals surface area contributed by atoms with E-state index in [0.29, 0.717) is 18.2 Å². The number of aliphatic imine (C=N–C) groups is 1. The average Bonchev–Trinajstić information content (AvgIpc) is 2.60. The van der Waals surface area contributed by atoms with Crippen molar-refractivity contribution in [3.8, 4) is 0 Å². The van der Waals surface area contributed by atoms with E-state index in [-0.39, 0.29) is 29.4 Å². The molecule has 0 radical (unpaired) electrons. The van der Waals surface area contributed by atoms with Crippen LogP contribution in [0.25, 0.3) is 0 Å². The average molecular weight is 481 g/mol. The van der Waals surface area contributed by atoms with Gasteiger partial charge in [-0.3, -0.25) is 9.89 Å². The van der Waals surface area contributed by atoms with Crippen molar-refractivity contribution in [2.45, 2.75) is 58.2 Å². The molecule has 0 aromatic rings. The van der Waals surface area contributed by atoms with Gasteiger partial charge in [0.2, 0.25) is 0 Å². The van der Waals surface area contributed by atoms with E-state index >= 15 is 0 Å². The van der Waals surface area contributed by atoms with Crippen molar-refractivity contribution in [1.29, 1.82) is 0 Å². The van der Waals surface area contributed by atoms with Crippen LogP contribution in [-0.2, 0) is 4.74 Å². The Hall–Kier alpha value is -0.120. The van der Waals surface area contributed by atoms with Crippen LogP contribution >= 0.6 is 24.0 Å². The number of nitrogens with zero attached hydrogens (tertiary/aromatic N) is 3. The van der Waals surface area contributed by atoms with E-state index in [9.17, 15) is 0 Å². The first kappa shape index (κ1) is 23.9. The maximum Gasteiger partial charge on any atom is 0.191 e. The smallest absolute Gasteiger partial charge is 0.191 e. The fraction of sp³-hybridized carbons (Fsp3) is 0.947. The highest BCUT2D eigenvalue weighted by atomic mass is 127. The zero-order chi connectivity index (χ0) is 18.4. The molecule has 7 heteroatoms. The van der Waals surface area contributed by atoms with Crippen molar-refractivity contribution < 1.29 is 4.74 Å². The van der Waals surface area contributed by atoms with E-state index in [4.69, 9.17) is 4.74 Å². The van der Waals surface area contributed by atoms with Crippen LogP contribution in [0.3, 0.4) is 0 Å². The van der Waals surface area contributed by atoms with E-state index in [2.05, 4.69) is 60.3 Å². The van der Waals surface area contributed by atoms with E-state index in [1.165, 1.54) is 0 Å². The van der Waals surface area contributed by atoms with E-state index in [1.54, 1.807) is 0 Å². The second-order valence-corrected chi connectivity index (χ2v) is 7.67. The molecule has 2 aliphatic rings. The molecule has 1 saturated carbocycles. The number of guanidine groups is 1. The summed E-state index contributed by atoms with van der Waals surface area (Å²) in [7, 11) is 6.28. The van der Waals surface area contributed by atoms with Crippen molar-refractivity contribution in [1.82, 2.24) is 20.4 Å². The van der Waals surface area contributed by atoms with Crippen LogP contribution in [0, 0.1) is 5.41 Å². The SMILES string of the molecule is CCOC1CC(NC(=NC)NCC2CN(C)CCN2C)C1(CC)CC.I. The van der Waals surface area contributed by atoms with Gasteiger partial charge < -0.3 is 20.3 Å². The lowest BCUT2D eigenvalue weighted by atomic mass is 9.58. The Balaban J connectivity index is 0.00000338. The molecular weight excluding hydrogens is 441 g/mol. The van der Waals surface area contributed by atoms with E-state index in [0.717, 1.165) is 58.0 Å². The Morgan fingerprint density at radius 3 is 2.46 bits per heavy atom. The summed E-state index contributed by atoms with van der Waals surface area (Å²) in [6.07, 6.45) is 3.72. The van der Waals surface area contributed by atoms with Crippen molar-refractivity contribution >= 4 is 29.9 Å². The van der Waals surface area contributed by atoms with Crippen LogP contribution < -0.4 is 10.6 Å². The van der Waals surface area contributed by atoms with Gasteiger partial charge in [0.15, 0.2) is 5.96 Å². The third kappa shape index (κ3) is 5.23. The molecule has 0 amide bonds. The molecule has 26 heavy (non-hydrogen) atoms. The minimum Gasteiger partial charge on any atom is -0.378 e. The van der Waals surface area contributed by atoms with Crippen LogP contribution in [0.4, 0.5) is 0 Å². The number of likely N-dealkylation sites (N-methyl/N-ethyl adjacent to an activating group) is 2. The Morgan fingerprint density at radius 2 is 1.88 bits per heavy atom. The lowest BCUT2D eigenvalue weighted by Gasteiger charge is -2.55. The highest BCUT2D eigenvalue weighted by Crippen LogP contribution is 2.48. The Kier molecular flexibility index (Phi) is 10.1. The molecular formula is C19H40IN5O. The minimum absolute atomic E-state index is 0. The number of piperazine rings is 1. The van der Waals surface area contributed by atoms with Crippen LogP contribution in [0.2, 0.25) is 0 Å². The quantitative estimate of drug-likeness (QED) is 0.331. The molecule has 154 valence electrons. The van der Waals surface area contributed by atoms with Gasteiger partial charge in [-0.05, 0) is 40.3 Å². The van der Waals surface area contributed by atoms with Gasteiger partial charge in [-0.1, -0.05) is 13.8 Å². The maximum atomic E-state index is 5.99. The number of nitrogens with one attached hydrogen (secondary N) is 2. The third-order valence-corrected chi connectivity index (χ3v) is 6.49. The molecule has 2 N–H and O–H groups in total. The van der Waals surface area contributed by atoms with Gasteiger partial charge in [-0.2, -0.15) is 0 Å². The molecule has 1 saturated heterocycles. The maximum absolute atomic E-state index is 5.99. The summed E-state index contributed by atoms with van der Waals surface area (Å²) in [5.74, 6) is 0.924. The van der Waals surface area contributed by atoms with E-state index in [1.807, 2.05) is 7.05 Å². The summed E-state index contributed by atoms with van der Waals surface area (Å²) in [6.45, 7) is 11.8. The van der Waals surface area contributed by atoms with Crippen LogP contribution in [0.15, 0.2) is 4.99 Å². The molecule has 3 atom stereocenters. The van der Waals surface area contributed by atoms with Gasteiger partial charge >= 0.3 is 0 Å². The molecule has 1 heterocycles. The van der Waals surface area contributed by atoms with Crippen LogP contribution in [0.5, 0.6) is 0 Å².